The quantitative estimate of drug-likeness (QED) is 0.743. The van der Waals surface area contributed by atoms with Gasteiger partial charge in [-0.25, -0.2) is 4.79 Å². The molecule has 0 aliphatic carbocycles. The van der Waals surface area contributed by atoms with Gasteiger partial charge < -0.3 is 14.1 Å². The molecule has 0 spiro atoms. The molecule has 1 amide bonds. The Bertz CT molecular complexity index is 799. The summed E-state index contributed by atoms with van der Waals surface area (Å²) < 4.78 is 51.3. The SMILES string of the molecule is CC(C)(C)OC(=O)N1CCC(Cn2nc(C(F)(F)F)cc2-c2ccco2)CC1. The topological polar surface area (TPSA) is 60.5 Å². The number of aromatic nitrogens is 2. The van der Waals surface area contributed by atoms with Crippen molar-refractivity contribution >= 4 is 6.09 Å². The highest BCUT2D eigenvalue weighted by molar-refractivity contribution is 5.68. The van der Waals surface area contributed by atoms with Gasteiger partial charge in [0.05, 0.1) is 6.26 Å². The number of hydrogen-bond acceptors (Lipinski definition) is 4. The summed E-state index contributed by atoms with van der Waals surface area (Å²) in [5, 5.41) is 3.76. The van der Waals surface area contributed by atoms with Crippen LogP contribution in [0.2, 0.25) is 0 Å². The second-order valence-electron chi connectivity index (χ2n) is 7.98. The minimum Gasteiger partial charge on any atom is -0.463 e. The third kappa shape index (κ3) is 4.88. The van der Waals surface area contributed by atoms with Crippen molar-refractivity contribution in [2.24, 2.45) is 5.92 Å². The number of furan rings is 1. The van der Waals surface area contributed by atoms with Crippen LogP contribution in [0.25, 0.3) is 11.5 Å². The third-order valence-electron chi connectivity index (χ3n) is 4.54. The molecule has 0 saturated carbocycles. The first kappa shape index (κ1) is 20.3. The van der Waals surface area contributed by atoms with Gasteiger partial charge in [-0.15, -0.1) is 0 Å². The van der Waals surface area contributed by atoms with Crippen LogP contribution < -0.4 is 0 Å². The van der Waals surface area contributed by atoms with Gasteiger partial charge in [-0.05, 0) is 57.7 Å². The van der Waals surface area contributed by atoms with Gasteiger partial charge >= 0.3 is 12.3 Å². The Morgan fingerprint density at radius 3 is 2.50 bits per heavy atom. The molecule has 2 aromatic rings. The molecule has 0 atom stereocenters. The molecule has 1 saturated heterocycles. The number of hydrogen-bond donors (Lipinski definition) is 0. The lowest BCUT2D eigenvalue weighted by molar-refractivity contribution is -0.141. The Kier molecular flexibility index (Phi) is 5.45. The fourth-order valence-corrected chi connectivity index (χ4v) is 3.19. The van der Waals surface area contributed by atoms with Crippen LogP contribution in [0.4, 0.5) is 18.0 Å². The maximum Gasteiger partial charge on any atom is 0.435 e. The Labute approximate surface area is 161 Å². The number of amides is 1. The molecular weight excluding hydrogens is 375 g/mol. The molecular formula is C19H24F3N3O3. The summed E-state index contributed by atoms with van der Waals surface area (Å²) in [6.07, 6.45) is -2.14. The molecule has 3 rings (SSSR count). The number of carbonyl (C=O) groups excluding carboxylic acids is 1. The first-order chi connectivity index (χ1) is 13.0. The molecule has 28 heavy (non-hydrogen) atoms. The van der Waals surface area contributed by atoms with Crippen LogP contribution in [-0.2, 0) is 17.5 Å². The largest absolute Gasteiger partial charge is 0.463 e. The summed E-state index contributed by atoms with van der Waals surface area (Å²) in [6, 6.07) is 4.24. The smallest absolute Gasteiger partial charge is 0.435 e. The zero-order chi connectivity index (χ0) is 20.5. The van der Waals surface area contributed by atoms with Crippen LogP contribution in [0.15, 0.2) is 28.9 Å². The summed E-state index contributed by atoms with van der Waals surface area (Å²) in [5.74, 6) is 0.447. The van der Waals surface area contributed by atoms with E-state index in [1.54, 1.807) is 17.0 Å². The number of alkyl halides is 3. The average molecular weight is 399 g/mol. The number of piperidine rings is 1. The van der Waals surface area contributed by atoms with E-state index in [2.05, 4.69) is 5.10 Å². The molecule has 1 aliphatic heterocycles. The van der Waals surface area contributed by atoms with Crippen molar-refractivity contribution in [3.8, 4) is 11.5 Å². The second kappa shape index (κ2) is 7.52. The first-order valence-electron chi connectivity index (χ1n) is 9.20. The molecule has 1 aliphatic rings. The summed E-state index contributed by atoms with van der Waals surface area (Å²) >= 11 is 0. The van der Waals surface area contributed by atoms with Crippen LogP contribution in [-0.4, -0.2) is 39.5 Å². The van der Waals surface area contributed by atoms with Crippen molar-refractivity contribution in [3.63, 3.8) is 0 Å². The second-order valence-corrected chi connectivity index (χ2v) is 7.98. The van der Waals surface area contributed by atoms with E-state index in [1.165, 1.54) is 10.9 Å². The van der Waals surface area contributed by atoms with Crippen molar-refractivity contribution in [1.29, 1.82) is 0 Å². The molecule has 0 radical (unpaired) electrons. The molecule has 9 heteroatoms. The van der Waals surface area contributed by atoms with E-state index >= 15 is 0 Å². The Hall–Kier alpha value is -2.45. The van der Waals surface area contributed by atoms with Gasteiger partial charge in [-0.3, -0.25) is 4.68 Å². The number of ether oxygens (including phenoxy) is 1. The molecule has 1 fully saturated rings. The van der Waals surface area contributed by atoms with E-state index in [0.29, 0.717) is 43.9 Å². The zero-order valence-electron chi connectivity index (χ0n) is 16.1. The van der Waals surface area contributed by atoms with E-state index in [1.807, 2.05) is 20.8 Å². The fraction of sp³-hybridized carbons (Fsp3) is 0.579. The lowest BCUT2D eigenvalue weighted by atomic mass is 9.97. The Morgan fingerprint density at radius 2 is 1.96 bits per heavy atom. The van der Waals surface area contributed by atoms with Crippen LogP contribution in [0.3, 0.4) is 0 Å². The number of halogens is 3. The molecule has 0 bridgehead atoms. The maximum atomic E-state index is 13.1. The van der Waals surface area contributed by atoms with E-state index in [-0.39, 0.29) is 12.0 Å². The minimum absolute atomic E-state index is 0.105. The van der Waals surface area contributed by atoms with Gasteiger partial charge in [0.2, 0.25) is 0 Å². The summed E-state index contributed by atoms with van der Waals surface area (Å²) in [4.78, 5) is 13.8. The van der Waals surface area contributed by atoms with E-state index in [0.717, 1.165) is 6.07 Å². The number of nitrogens with zero attached hydrogens (tertiary/aromatic N) is 3. The van der Waals surface area contributed by atoms with E-state index < -0.39 is 17.5 Å². The van der Waals surface area contributed by atoms with Crippen LogP contribution in [0.1, 0.15) is 39.3 Å². The lowest BCUT2D eigenvalue weighted by Gasteiger charge is -2.33. The summed E-state index contributed by atoms with van der Waals surface area (Å²) in [5.41, 5.74) is -1.20. The lowest BCUT2D eigenvalue weighted by Crippen LogP contribution is -2.42. The highest BCUT2D eigenvalue weighted by Gasteiger charge is 2.36. The number of carbonyl (C=O) groups is 1. The standard InChI is InChI=1S/C19H24F3N3O3/c1-18(2,3)28-17(26)24-8-6-13(7-9-24)12-25-14(15-5-4-10-27-15)11-16(23-25)19(20,21)22/h4-5,10-11,13H,6-9,12H2,1-3H3. The number of rotatable bonds is 3. The van der Waals surface area contributed by atoms with Crippen molar-refractivity contribution in [2.45, 2.75) is 51.9 Å². The van der Waals surface area contributed by atoms with Crippen molar-refractivity contribution < 1.29 is 27.1 Å². The normalized spacial score (nSPS) is 16.4. The maximum absolute atomic E-state index is 13.1. The molecule has 3 heterocycles. The van der Waals surface area contributed by atoms with E-state index in [9.17, 15) is 18.0 Å². The fourth-order valence-electron chi connectivity index (χ4n) is 3.19. The minimum atomic E-state index is -4.52. The van der Waals surface area contributed by atoms with Gasteiger partial charge in [-0.2, -0.15) is 18.3 Å². The highest BCUT2D eigenvalue weighted by atomic mass is 19.4. The average Bonchev–Trinajstić information content (AvgIpc) is 3.22. The molecule has 0 aromatic carbocycles. The van der Waals surface area contributed by atoms with Crippen LogP contribution >= 0.6 is 0 Å². The molecule has 154 valence electrons. The molecule has 0 unspecified atom stereocenters. The monoisotopic (exact) mass is 399 g/mol. The van der Waals surface area contributed by atoms with Gasteiger partial charge in [0.1, 0.15) is 11.3 Å². The van der Waals surface area contributed by atoms with Gasteiger partial charge in [0.25, 0.3) is 0 Å². The van der Waals surface area contributed by atoms with Gasteiger partial charge in [0.15, 0.2) is 11.5 Å². The molecule has 6 nitrogen and oxygen atoms in total. The summed E-state index contributed by atoms with van der Waals surface area (Å²) in [7, 11) is 0. The predicted molar refractivity (Wildman–Crippen MR) is 95.5 cm³/mol. The van der Waals surface area contributed by atoms with Crippen molar-refractivity contribution in [2.75, 3.05) is 13.1 Å². The van der Waals surface area contributed by atoms with Crippen LogP contribution in [0, 0.1) is 5.92 Å². The van der Waals surface area contributed by atoms with Gasteiger partial charge in [-0.1, -0.05) is 0 Å². The zero-order valence-corrected chi connectivity index (χ0v) is 16.1. The Morgan fingerprint density at radius 1 is 1.29 bits per heavy atom. The molecule has 2 aromatic heterocycles. The van der Waals surface area contributed by atoms with Gasteiger partial charge in [0, 0.05) is 19.6 Å². The predicted octanol–water partition coefficient (Wildman–Crippen LogP) is 4.81. The first-order valence-corrected chi connectivity index (χ1v) is 9.20. The third-order valence-corrected chi connectivity index (χ3v) is 4.54. The highest BCUT2D eigenvalue weighted by Crippen LogP contribution is 2.33. The van der Waals surface area contributed by atoms with Crippen LogP contribution in [0.5, 0.6) is 0 Å². The summed E-state index contributed by atoms with van der Waals surface area (Å²) in [6.45, 7) is 6.76. The Balaban J connectivity index is 1.68. The number of likely N-dealkylation sites (tertiary alicyclic amines) is 1. The van der Waals surface area contributed by atoms with E-state index in [4.69, 9.17) is 9.15 Å². The van der Waals surface area contributed by atoms with Crippen molar-refractivity contribution in [3.05, 3.63) is 30.2 Å². The molecule has 0 N–H and O–H groups in total. The van der Waals surface area contributed by atoms with Crippen molar-refractivity contribution in [1.82, 2.24) is 14.7 Å².